The van der Waals surface area contributed by atoms with Gasteiger partial charge in [0.05, 0.1) is 0 Å². The molecule has 0 aliphatic carbocycles. The first-order valence-corrected chi connectivity index (χ1v) is 7.48. The Balaban J connectivity index is 1.93. The average molecular weight is 354 g/mol. The van der Waals surface area contributed by atoms with Crippen LogP contribution in [0.15, 0.2) is 29.3 Å². The summed E-state index contributed by atoms with van der Waals surface area (Å²) in [5, 5.41) is 20.1. The second-order valence-corrected chi connectivity index (χ2v) is 5.48. The standard InChI is InChI=1S/C14H18N4O7/c1-22-13-11(19)10(16-14(15)17-18(20)21)12-9(25-13)6-23-7-4-2-3-5-8(7)24-12/h2-5,9-13,19H,6H2,1H3,(H3,15,16,17). The van der Waals surface area contributed by atoms with E-state index in [1.54, 1.807) is 29.7 Å². The number of hydrogen-bond acceptors (Lipinski definition) is 8. The van der Waals surface area contributed by atoms with Crippen molar-refractivity contribution in [3.63, 3.8) is 0 Å². The molecule has 2 heterocycles. The van der Waals surface area contributed by atoms with Crippen molar-refractivity contribution in [2.45, 2.75) is 30.6 Å². The van der Waals surface area contributed by atoms with Crippen LogP contribution in [0.3, 0.4) is 0 Å². The lowest BCUT2D eigenvalue weighted by molar-refractivity contribution is -0.525. The normalized spacial score (nSPS) is 31.6. The van der Waals surface area contributed by atoms with Crippen LogP contribution >= 0.6 is 0 Å². The average Bonchev–Trinajstić information content (AvgIpc) is 2.76. The first-order chi connectivity index (χ1) is 12.0. The van der Waals surface area contributed by atoms with Crippen molar-refractivity contribution < 1.29 is 29.1 Å². The molecule has 0 bridgehead atoms. The van der Waals surface area contributed by atoms with E-state index in [1.807, 2.05) is 0 Å². The lowest BCUT2D eigenvalue weighted by Crippen LogP contribution is -2.61. The van der Waals surface area contributed by atoms with Crippen LogP contribution in [0.1, 0.15) is 0 Å². The van der Waals surface area contributed by atoms with Crippen LogP contribution < -0.4 is 20.6 Å². The van der Waals surface area contributed by atoms with E-state index in [1.165, 1.54) is 7.11 Å². The molecule has 0 radical (unpaired) electrons. The number of fused-ring (bicyclic) bond motifs is 2. The molecule has 2 aliphatic rings. The number of methoxy groups -OCH3 is 1. The fourth-order valence-corrected chi connectivity index (χ4v) is 2.80. The van der Waals surface area contributed by atoms with Gasteiger partial charge in [0.25, 0.3) is 5.96 Å². The molecule has 4 N–H and O–H groups in total. The molecule has 11 heteroatoms. The van der Waals surface area contributed by atoms with Gasteiger partial charge in [-0.2, -0.15) is 0 Å². The lowest BCUT2D eigenvalue weighted by atomic mass is 9.96. The van der Waals surface area contributed by atoms with Crippen LogP contribution in [0.2, 0.25) is 0 Å². The Morgan fingerprint density at radius 2 is 2.20 bits per heavy atom. The number of nitrogens with one attached hydrogen (secondary N) is 1. The number of rotatable bonds is 3. The van der Waals surface area contributed by atoms with Crippen LogP contribution in [-0.2, 0) is 9.47 Å². The monoisotopic (exact) mass is 354 g/mol. The summed E-state index contributed by atoms with van der Waals surface area (Å²) in [5.74, 6) is 0.498. The highest BCUT2D eigenvalue weighted by atomic mass is 16.7. The van der Waals surface area contributed by atoms with E-state index < -0.39 is 41.6 Å². The first-order valence-electron chi connectivity index (χ1n) is 7.48. The van der Waals surface area contributed by atoms with Gasteiger partial charge in [-0.3, -0.25) is 0 Å². The van der Waals surface area contributed by atoms with Gasteiger partial charge in [-0.25, -0.2) is 15.1 Å². The van der Waals surface area contributed by atoms with Crippen molar-refractivity contribution in [2.75, 3.05) is 13.7 Å². The molecule has 0 saturated carbocycles. The highest BCUT2D eigenvalue weighted by molar-refractivity contribution is 5.76. The third-order valence-corrected chi connectivity index (χ3v) is 3.88. The number of guanidine groups is 1. The quantitative estimate of drug-likeness (QED) is 0.269. The molecular weight excluding hydrogens is 336 g/mol. The van der Waals surface area contributed by atoms with Gasteiger partial charge in [0.15, 0.2) is 28.9 Å². The summed E-state index contributed by atoms with van der Waals surface area (Å²) in [6.07, 6.45) is -3.66. The molecule has 5 atom stereocenters. The fraction of sp³-hybridized carbons (Fsp3) is 0.500. The number of aliphatic imine (C=N–C) groups is 1. The van der Waals surface area contributed by atoms with E-state index in [4.69, 9.17) is 24.7 Å². The van der Waals surface area contributed by atoms with Crippen molar-refractivity contribution in [1.29, 1.82) is 0 Å². The zero-order valence-electron chi connectivity index (χ0n) is 13.3. The smallest absolute Gasteiger partial charge is 0.252 e. The molecule has 0 aromatic heterocycles. The van der Waals surface area contributed by atoms with Crippen LogP contribution in [0.5, 0.6) is 11.5 Å². The van der Waals surface area contributed by atoms with E-state index in [0.717, 1.165) is 0 Å². The Bertz CT molecular complexity index is 670. The van der Waals surface area contributed by atoms with Gasteiger partial charge >= 0.3 is 0 Å². The Morgan fingerprint density at radius 3 is 2.88 bits per heavy atom. The molecule has 1 aromatic rings. The second kappa shape index (κ2) is 7.09. The Kier molecular flexibility index (Phi) is 4.88. The molecule has 1 fully saturated rings. The maximum Gasteiger partial charge on any atom is 0.252 e. The molecule has 136 valence electrons. The summed E-state index contributed by atoms with van der Waals surface area (Å²) in [6, 6.07) is 6.02. The first kappa shape index (κ1) is 17.2. The second-order valence-electron chi connectivity index (χ2n) is 5.48. The Labute approximate surface area is 142 Å². The van der Waals surface area contributed by atoms with Crippen molar-refractivity contribution in [3.05, 3.63) is 34.4 Å². The maximum atomic E-state index is 10.5. The zero-order chi connectivity index (χ0) is 18.0. The van der Waals surface area contributed by atoms with Gasteiger partial charge in [0.1, 0.15) is 24.9 Å². The van der Waals surface area contributed by atoms with Gasteiger partial charge < -0.3 is 29.8 Å². The van der Waals surface area contributed by atoms with E-state index in [-0.39, 0.29) is 6.61 Å². The highest BCUT2D eigenvalue weighted by Gasteiger charge is 2.49. The van der Waals surface area contributed by atoms with Gasteiger partial charge in [0, 0.05) is 7.11 Å². The topological polar surface area (TPSA) is 151 Å². The SMILES string of the molecule is COC1OC2COc3ccccc3OC2C(N=C(N)N[N+](=O)[O-])C1O. The summed E-state index contributed by atoms with van der Waals surface area (Å²) in [5.41, 5.74) is 7.27. The molecule has 0 spiro atoms. The number of nitrogens with two attached hydrogens (primary N) is 1. The summed E-state index contributed by atoms with van der Waals surface area (Å²) < 4.78 is 22.4. The van der Waals surface area contributed by atoms with Crippen LogP contribution in [0, 0.1) is 10.1 Å². The third kappa shape index (κ3) is 3.57. The van der Waals surface area contributed by atoms with E-state index >= 15 is 0 Å². The molecule has 0 amide bonds. The van der Waals surface area contributed by atoms with Crippen molar-refractivity contribution >= 4 is 5.96 Å². The van der Waals surface area contributed by atoms with Crippen molar-refractivity contribution in [2.24, 2.45) is 10.7 Å². The minimum atomic E-state index is -1.25. The van der Waals surface area contributed by atoms with Crippen LogP contribution in [-0.4, -0.2) is 60.5 Å². The summed E-state index contributed by atoms with van der Waals surface area (Å²) >= 11 is 0. The van der Waals surface area contributed by atoms with Gasteiger partial charge in [0.2, 0.25) is 0 Å². The summed E-state index contributed by atoms with van der Waals surface area (Å²) in [6.45, 7) is 0.128. The number of ether oxygens (including phenoxy) is 4. The summed E-state index contributed by atoms with van der Waals surface area (Å²) in [4.78, 5) is 14.5. The number of nitro groups is 1. The van der Waals surface area contributed by atoms with Crippen molar-refractivity contribution in [1.82, 2.24) is 5.43 Å². The number of hydrazine groups is 1. The molecule has 3 rings (SSSR count). The van der Waals surface area contributed by atoms with E-state index in [0.29, 0.717) is 11.5 Å². The summed E-state index contributed by atoms with van der Waals surface area (Å²) in [7, 11) is 1.36. The number of hydrogen-bond donors (Lipinski definition) is 3. The Morgan fingerprint density at radius 1 is 1.48 bits per heavy atom. The van der Waals surface area contributed by atoms with E-state index in [2.05, 4.69) is 4.99 Å². The number of nitrogens with zero attached hydrogens (tertiary/aromatic N) is 2. The molecule has 5 unspecified atom stereocenters. The molecule has 2 aliphatic heterocycles. The van der Waals surface area contributed by atoms with Crippen LogP contribution in [0.4, 0.5) is 0 Å². The fourth-order valence-electron chi connectivity index (χ4n) is 2.80. The largest absolute Gasteiger partial charge is 0.487 e. The Hall–Kier alpha value is -2.63. The minimum Gasteiger partial charge on any atom is -0.487 e. The van der Waals surface area contributed by atoms with Gasteiger partial charge in [-0.15, -0.1) is 0 Å². The molecular formula is C14H18N4O7. The van der Waals surface area contributed by atoms with Gasteiger partial charge in [-0.1, -0.05) is 17.6 Å². The van der Waals surface area contributed by atoms with Gasteiger partial charge in [-0.05, 0) is 12.1 Å². The lowest BCUT2D eigenvalue weighted by Gasteiger charge is -2.41. The predicted molar refractivity (Wildman–Crippen MR) is 83.6 cm³/mol. The number of para-hydroxylation sites is 2. The molecule has 11 nitrogen and oxygen atoms in total. The third-order valence-electron chi connectivity index (χ3n) is 3.88. The zero-order valence-corrected chi connectivity index (χ0v) is 13.3. The van der Waals surface area contributed by atoms with E-state index in [9.17, 15) is 15.2 Å². The highest BCUT2D eigenvalue weighted by Crippen LogP contribution is 2.36. The molecule has 25 heavy (non-hydrogen) atoms. The number of benzene rings is 1. The maximum absolute atomic E-state index is 10.5. The molecule has 1 aromatic carbocycles. The predicted octanol–water partition coefficient (Wildman–Crippen LogP) is -0.977. The number of aliphatic hydroxyl groups is 1. The number of aliphatic hydroxyl groups excluding tert-OH is 1. The van der Waals surface area contributed by atoms with Crippen LogP contribution in [0.25, 0.3) is 0 Å². The minimum absolute atomic E-state index is 0.128. The molecule has 1 saturated heterocycles. The van der Waals surface area contributed by atoms with Crippen molar-refractivity contribution in [3.8, 4) is 11.5 Å².